The van der Waals surface area contributed by atoms with E-state index in [4.69, 9.17) is 10.4 Å². The largest absolute Gasteiger partial charge is 0.480 e. The van der Waals surface area contributed by atoms with Crippen molar-refractivity contribution in [3.05, 3.63) is 29.8 Å². The Labute approximate surface area is 122 Å². The molecule has 0 heterocycles. The predicted octanol–water partition coefficient (Wildman–Crippen LogP) is 2.24. The first-order chi connectivity index (χ1) is 9.47. The minimum absolute atomic E-state index is 0.215. The molecule has 0 atom stereocenters. The smallest absolute Gasteiger partial charge is 0.323 e. The highest BCUT2D eigenvalue weighted by Crippen LogP contribution is 2.24. The zero-order valence-corrected chi connectivity index (χ0v) is 12.2. The van der Waals surface area contributed by atoms with E-state index in [-0.39, 0.29) is 24.2 Å². The van der Waals surface area contributed by atoms with Crippen LogP contribution in [0.2, 0.25) is 0 Å². The van der Waals surface area contributed by atoms with Crippen molar-refractivity contribution in [1.29, 1.82) is 5.26 Å². The van der Waals surface area contributed by atoms with Crippen molar-refractivity contribution in [2.75, 3.05) is 12.3 Å². The Kier molecular flexibility index (Phi) is 6.07. The van der Waals surface area contributed by atoms with Gasteiger partial charge in [-0.25, -0.2) is 0 Å². The molecule has 0 bridgehead atoms. The van der Waals surface area contributed by atoms with Gasteiger partial charge in [0.05, 0.1) is 17.4 Å². The van der Waals surface area contributed by atoms with E-state index >= 15 is 0 Å². The fourth-order valence-corrected chi connectivity index (χ4v) is 2.37. The first-order valence-electron chi connectivity index (χ1n) is 6.09. The zero-order chi connectivity index (χ0) is 15.1. The summed E-state index contributed by atoms with van der Waals surface area (Å²) in [5.41, 5.74) is 0.433. The van der Waals surface area contributed by atoms with Gasteiger partial charge in [-0.3, -0.25) is 9.59 Å². The molecule has 106 valence electrons. The molecule has 20 heavy (non-hydrogen) atoms. The van der Waals surface area contributed by atoms with Crippen LogP contribution in [0, 0.1) is 11.3 Å². The number of benzene rings is 1. The summed E-state index contributed by atoms with van der Waals surface area (Å²) in [5.74, 6) is -1.14. The number of rotatable bonds is 6. The molecular formula is C14H16N2O3S. The second-order valence-corrected chi connectivity index (χ2v) is 5.38. The summed E-state index contributed by atoms with van der Waals surface area (Å²) < 4.78 is 0. The van der Waals surface area contributed by atoms with Crippen LogP contribution in [0.5, 0.6) is 0 Å². The molecule has 0 spiro atoms. The molecule has 0 aliphatic heterocycles. The number of nitriles is 1. The molecule has 1 rings (SSSR count). The van der Waals surface area contributed by atoms with Crippen LogP contribution in [0.25, 0.3) is 0 Å². The Morgan fingerprint density at radius 1 is 1.40 bits per heavy atom. The van der Waals surface area contributed by atoms with Crippen molar-refractivity contribution < 1.29 is 14.7 Å². The molecular weight excluding hydrogens is 276 g/mol. The lowest BCUT2D eigenvalue weighted by molar-refractivity contribution is -0.138. The lowest BCUT2D eigenvalue weighted by atomic mass is 10.1. The van der Waals surface area contributed by atoms with Crippen LogP contribution in [-0.4, -0.2) is 40.2 Å². The highest BCUT2D eigenvalue weighted by Gasteiger charge is 2.23. The molecule has 0 saturated heterocycles. The van der Waals surface area contributed by atoms with Crippen LogP contribution >= 0.6 is 11.8 Å². The van der Waals surface area contributed by atoms with E-state index in [1.807, 2.05) is 6.07 Å². The summed E-state index contributed by atoms with van der Waals surface area (Å²) in [5, 5.41) is 17.5. The van der Waals surface area contributed by atoms with Crippen LogP contribution in [0.15, 0.2) is 29.2 Å². The summed E-state index contributed by atoms with van der Waals surface area (Å²) in [6, 6.07) is 8.72. The van der Waals surface area contributed by atoms with E-state index in [0.29, 0.717) is 10.5 Å². The van der Waals surface area contributed by atoms with Gasteiger partial charge in [0.15, 0.2) is 0 Å². The maximum atomic E-state index is 12.5. The third kappa shape index (κ3) is 4.28. The van der Waals surface area contributed by atoms with Gasteiger partial charge in [0.25, 0.3) is 5.91 Å². The number of hydrogen-bond acceptors (Lipinski definition) is 4. The molecule has 0 radical (unpaired) electrons. The molecule has 1 N–H and O–H groups in total. The molecule has 1 amide bonds. The van der Waals surface area contributed by atoms with Gasteiger partial charge in [0, 0.05) is 10.9 Å². The molecule has 6 heteroatoms. The minimum atomic E-state index is -1.05. The van der Waals surface area contributed by atoms with Crippen molar-refractivity contribution in [2.45, 2.75) is 24.8 Å². The quantitative estimate of drug-likeness (QED) is 0.813. The third-order valence-corrected chi connectivity index (χ3v) is 3.54. The molecule has 0 aliphatic carbocycles. The first-order valence-corrected chi connectivity index (χ1v) is 7.07. The zero-order valence-electron chi connectivity index (χ0n) is 11.4. The molecule has 0 aromatic heterocycles. The van der Waals surface area contributed by atoms with Crippen molar-refractivity contribution in [3.8, 4) is 6.07 Å². The van der Waals surface area contributed by atoms with Gasteiger partial charge in [0.2, 0.25) is 0 Å². The first kappa shape index (κ1) is 16.1. The van der Waals surface area contributed by atoms with E-state index < -0.39 is 5.97 Å². The number of carboxylic acid groups (broad SMARTS) is 1. The van der Waals surface area contributed by atoms with Crippen LogP contribution in [0.3, 0.4) is 0 Å². The van der Waals surface area contributed by atoms with Gasteiger partial charge in [-0.05, 0) is 26.0 Å². The van der Waals surface area contributed by atoms with Gasteiger partial charge in [0.1, 0.15) is 6.54 Å². The van der Waals surface area contributed by atoms with Crippen molar-refractivity contribution in [1.82, 2.24) is 4.90 Å². The fraction of sp³-hybridized carbons (Fsp3) is 0.357. The average molecular weight is 292 g/mol. The lowest BCUT2D eigenvalue weighted by Crippen LogP contribution is -2.40. The number of amides is 1. The summed E-state index contributed by atoms with van der Waals surface area (Å²) in [4.78, 5) is 25.3. The molecule has 0 unspecified atom stereocenters. The normalized spacial score (nSPS) is 10.1. The molecule has 1 aromatic carbocycles. The fourth-order valence-electron chi connectivity index (χ4n) is 1.67. The number of thioether (sulfide) groups is 1. The van der Waals surface area contributed by atoms with E-state index in [1.54, 1.807) is 38.1 Å². The van der Waals surface area contributed by atoms with E-state index in [9.17, 15) is 9.59 Å². The van der Waals surface area contributed by atoms with Crippen LogP contribution in [0.1, 0.15) is 24.2 Å². The van der Waals surface area contributed by atoms with Gasteiger partial charge in [-0.2, -0.15) is 5.26 Å². The van der Waals surface area contributed by atoms with Gasteiger partial charge in [-0.15, -0.1) is 11.8 Å². The summed E-state index contributed by atoms with van der Waals surface area (Å²) >= 11 is 1.27. The Balaban J connectivity index is 3.05. The second-order valence-electron chi connectivity index (χ2n) is 4.36. The Morgan fingerprint density at radius 2 is 2.05 bits per heavy atom. The molecule has 0 aliphatic rings. The maximum Gasteiger partial charge on any atom is 0.323 e. The number of nitrogens with zero attached hydrogens (tertiary/aromatic N) is 2. The SMILES string of the molecule is CC(C)N(CC(=O)O)C(=O)c1ccccc1SCC#N. The summed E-state index contributed by atoms with van der Waals surface area (Å²) in [6.45, 7) is 3.20. The number of carbonyl (C=O) groups is 2. The number of carboxylic acids is 1. The van der Waals surface area contributed by atoms with E-state index in [0.717, 1.165) is 0 Å². The molecule has 0 fully saturated rings. The van der Waals surface area contributed by atoms with Gasteiger partial charge < -0.3 is 10.0 Å². The Hall–Kier alpha value is -2.00. The van der Waals surface area contributed by atoms with E-state index in [1.165, 1.54) is 16.7 Å². The van der Waals surface area contributed by atoms with Gasteiger partial charge >= 0.3 is 5.97 Å². The highest BCUT2D eigenvalue weighted by molar-refractivity contribution is 7.99. The Bertz CT molecular complexity index is 537. The minimum Gasteiger partial charge on any atom is -0.480 e. The van der Waals surface area contributed by atoms with Crippen LogP contribution in [-0.2, 0) is 4.79 Å². The number of hydrogen-bond donors (Lipinski definition) is 1. The van der Waals surface area contributed by atoms with Crippen molar-refractivity contribution in [3.63, 3.8) is 0 Å². The Morgan fingerprint density at radius 3 is 2.60 bits per heavy atom. The van der Waals surface area contributed by atoms with Crippen molar-refractivity contribution >= 4 is 23.6 Å². The summed E-state index contributed by atoms with van der Waals surface area (Å²) in [7, 11) is 0. The third-order valence-electron chi connectivity index (χ3n) is 2.60. The standard InChI is InChI=1S/C14H16N2O3S/c1-10(2)16(9-13(17)18)14(19)11-5-3-4-6-12(11)20-8-7-15/h3-6,10H,8-9H2,1-2H3,(H,17,18). The lowest BCUT2D eigenvalue weighted by Gasteiger charge is -2.25. The molecule has 1 aromatic rings. The monoisotopic (exact) mass is 292 g/mol. The van der Waals surface area contributed by atoms with E-state index in [2.05, 4.69) is 0 Å². The van der Waals surface area contributed by atoms with Crippen molar-refractivity contribution in [2.24, 2.45) is 0 Å². The predicted molar refractivity (Wildman–Crippen MR) is 76.6 cm³/mol. The highest BCUT2D eigenvalue weighted by atomic mass is 32.2. The molecule has 0 saturated carbocycles. The second kappa shape index (κ2) is 7.56. The van der Waals surface area contributed by atoms with Gasteiger partial charge in [-0.1, -0.05) is 12.1 Å². The average Bonchev–Trinajstić information content (AvgIpc) is 2.41. The number of carbonyl (C=O) groups excluding carboxylic acids is 1. The number of aliphatic carboxylic acids is 1. The summed E-state index contributed by atoms with van der Waals surface area (Å²) in [6.07, 6.45) is 0. The van der Waals surface area contributed by atoms with Crippen LogP contribution in [0.4, 0.5) is 0 Å². The topological polar surface area (TPSA) is 81.4 Å². The van der Waals surface area contributed by atoms with Crippen LogP contribution < -0.4 is 0 Å². The maximum absolute atomic E-state index is 12.5. The molecule has 5 nitrogen and oxygen atoms in total.